The third-order valence-corrected chi connectivity index (χ3v) is 6.15. The molecule has 0 aliphatic heterocycles. The number of alkyl halides is 3. The Hall–Kier alpha value is -3.74. The van der Waals surface area contributed by atoms with Gasteiger partial charge >= 0.3 is 6.18 Å². The van der Waals surface area contributed by atoms with Gasteiger partial charge in [0, 0.05) is 26.4 Å². The lowest BCUT2D eigenvalue weighted by atomic mass is 10.3. The van der Waals surface area contributed by atoms with Crippen LogP contribution in [0.1, 0.15) is 13.8 Å². The highest BCUT2D eigenvalue weighted by molar-refractivity contribution is 7.07. The monoisotopic (exact) mass is 555 g/mol. The number of anilines is 2. The minimum Gasteiger partial charge on any atom is -0.383 e. The number of aromatic nitrogens is 2. The molecule has 206 valence electrons. The van der Waals surface area contributed by atoms with Crippen LogP contribution < -0.4 is 30.7 Å². The van der Waals surface area contributed by atoms with Crippen LogP contribution in [0.3, 0.4) is 0 Å². The van der Waals surface area contributed by atoms with Gasteiger partial charge in [-0.15, -0.1) is 11.3 Å². The summed E-state index contributed by atoms with van der Waals surface area (Å²) in [5, 5.41) is 16.6. The van der Waals surface area contributed by atoms with E-state index in [2.05, 4.69) is 15.6 Å². The van der Waals surface area contributed by atoms with E-state index in [9.17, 15) is 32.8 Å². The molecule has 15 heteroatoms. The van der Waals surface area contributed by atoms with Gasteiger partial charge in [-0.3, -0.25) is 23.9 Å². The van der Waals surface area contributed by atoms with E-state index in [1.807, 2.05) is 11.8 Å². The van der Waals surface area contributed by atoms with Gasteiger partial charge in [0.1, 0.15) is 33.4 Å². The number of hydrogen-bond donors (Lipinski definition) is 3. The number of methoxy groups -OCH3 is 1. The SMILES string of the molecule is CCN(CCOC)CC(=O)Nc1cccc(NC=c2sc(=C(C#N)C(=O)NCC(F)(F)F)n(CC)c2=O)n1. The van der Waals surface area contributed by atoms with Crippen LogP contribution in [0.5, 0.6) is 0 Å². The minimum absolute atomic E-state index is 0.0735. The summed E-state index contributed by atoms with van der Waals surface area (Å²) in [5.74, 6) is -0.940. The van der Waals surface area contributed by atoms with Crippen LogP contribution in [0.15, 0.2) is 23.0 Å². The lowest BCUT2D eigenvalue weighted by Crippen LogP contribution is -2.37. The Labute approximate surface area is 220 Å². The first kappa shape index (κ1) is 30.5. The van der Waals surface area contributed by atoms with E-state index in [1.165, 1.54) is 6.20 Å². The second-order valence-electron chi connectivity index (χ2n) is 7.71. The molecule has 0 aromatic carbocycles. The molecule has 0 fully saturated rings. The number of nitriles is 1. The molecule has 2 heterocycles. The van der Waals surface area contributed by atoms with E-state index in [0.717, 1.165) is 15.9 Å². The number of hydrogen-bond acceptors (Lipinski definition) is 9. The van der Waals surface area contributed by atoms with Gasteiger partial charge < -0.3 is 20.7 Å². The molecule has 0 bridgehead atoms. The average molecular weight is 556 g/mol. The highest BCUT2D eigenvalue weighted by atomic mass is 32.1. The molecule has 0 saturated heterocycles. The summed E-state index contributed by atoms with van der Waals surface area (Å²) in [5.41, 5.74) is -1.15. The largest absolute Gasteiger partial charge is 0.405 e. The fourth-order valence-electron chi connectivity index (χ4n) is 3.14. The van der Waals surface area contributed by atoms with Crippen molar-refractivity contribution >= 4 is 46.6 Å². The Bertz CT molecular complexity index is 1350. The smallest absolute Gasteiger partial charge is 0.383 e. The predicted octanol–water partition coefficient (Wildman–Crippen LogP) is 0.434. The number of carbonyl (C=O) groups is 2. The molecule has 38 heavy (non-hydrogen) atoms. The van der Waals surface area contributed by atoms with Crippen molar-refractivity contribution in [3.05, 3.63) is 37.7 Å². The Kier molecular flexibility index (Phi) is 11.4. The van der Waals surface area contributed by atoms with E-state index in [1.54, 1.807) is 43.6 Å². The van der Waals surface area contributed by atoms with Crippen LogP contribution in [-0.4, -0.2) is 72.3 Å². The van der Waals surface area contributed by atoms with Gasteiger partial charge in [0.05, 0.1) is 13.2 Å². The Morgan fingerprint density at radius 3 is 2.61 bits per heavy atom. The van der Waals surface area contributed by atoms with E-state index in [4.69, 9.17) is 4.74 Å². The highest BCUT2D eigenvalue weighted by Gasteiger charge is 2.28. The minimum atomic E-state index is -4.65. The van der Waals surface area contributed by atoms with Crippen molar-refractivity contribution in [2.75, 3.05) is 50.5 Å². The fourth-order valence-corrected chi connectivity index (χ4v) is 4.22. The zero-order valence-electron chi connectivity index (χ0n) is 21.0. The molecule has 2 amide bonds. The van der Waals surface area contributed by atoms with Gasteiger partial charge in [-0.1, -0.05) is 13.0 Å². The van der Waals surface area contributed by atoms with Crippen molar-refractivity contribution in [3.63, 3.8) is 0 Å². The number of carbonyl (C=O) groups excluding carboxylic acids is 2. The normalized spacial score (nSPS) is 12.7. The van der Waals surface area contributed by atoms with Crippen molar-refractivity contribution in [2.24, 2.45) is 0 Å². The molecular weight excluding hydrogens is 527 g/mol. The summed E-state index contributed by atoms with van der Waals surface area (Å²) in [4.78, 5) is 43.5. The summed E-state index contributed by atoms with van der Waals surface area (Å²) >= 11 is 0.772. The maximum atomic E-state index is 12.8. The maximum absolute atomic E-state index is 12.8. The lowest BCUT2D eigenvalue weighted by molar-refractivity contribution is -0.135. The molecular formula is C23H28F3N7O4S. The molecule has 11 nitrogen and oxygen atoms in total. The van der Waals surface area contributed by atoms with E-state index in [0.29, 0.717) is 25.5 Å². The Morgan fingerprint density at radius 1 is 1.29 bits per heavy atom. The zero-order valence-corrected chi connectivity index (χ0v) is 21.8. The first-order valence-corrected chi connectivity index (χ1v) is 12.3. The number of ether oxygens (including phenoxy) is 1. The van der Waals surface area contributed by atoms with Gasteiger partial charge in [-0.25, -0.2) is 4.98 Å². The second-order valence-corrected chi connectivity index (χ2v) is 8.74. The molecule has 2 aromatic heterocycles. The Morgan fingerprint density at radius 2 is 2.00 bits per heavy atom. The zero-order chi connectivity index (χ0) is 28.3. The first-order valence-electron chi connectivity index (χ1n) is 11.5. The molecule has 0 aliphatic rings. The highest BCUT2D eigenvalue weighted by Crippen LogP contribution is 2.12. The van der Waals surface area contributed by atoms with Crippen molar-refractivity contribution in [2.45, 2.75) is 26.6 Å². The quantitative estimate of drug-likeness (QED) is 0.343. The summed E-state index contributed by atoms with van der Waals surface area (Å²) in [6, 6.07) is 6.41. The number of nitrogens with one attached hydrogen (secondary N) is 3. The van der Waals surface area contributed by atoms with Crippen molar-refractivity contribution in [3.8, 4) is 6.07 Å². The number of pyridine rings is 1. The number of halogens is 3. The lowest BCUT2D eigenvalue weighted by Gasteiger charge is -2.19. The molecule has 0 unspecified atom stereocenters. The number of likely N-dealkylation sites (N-methyl/N-ethyl adjacent to an activating group) is 1. The van der Waals surface area contributed by atoms with Gasteiger partial charge in [0.25, 0.3) is 11.5 Å². The number of thiazole rings is 1. The molecule has 3 N–H and O–H groups in total. The van der Waals surface area contributed by atoms with Crippen LogP contribution >= 0.6 is 11.3 Å². The molecule has 0 radical (unpaired) electrons. The fraction of sp³-hybridized carbons (Fsp3) is 0.435. The van der Waals surface area contributed by atoms with Gasteiger partial charge in [0.2, 0.25) is 5.91 Å². The third kappa shape index (κ3) is 8.98. The van der Waals surface area contributed by atoms with Gasteiger partial charge in [0.15, 0.2) is 5.57 Å². The van der Waals surface area contributed by atoms with Crippen LogP contribution in [0, 0.1) is 11.3 Å². The van der Waals surface area contributed by atoms with Crippen molar-refractivity contribution in [1.29, 1.82) is 5.26 Å². The Balaban J connectivity index is 2.27. The molecule has 0 aliphatic carbocycles. The average Bonchev–Trinajstić information content (AvgIpc) is 3.18. The number of nitrogens with zero attached hydrogens (tertiary/aromatic N) is 4. The maximum Gasteiger partial charge on any atom is 0.405 e. The summed E-state index contributed by atoms with van der Waals surface area (Å²) in [6.45, 7) is 3.89. The molecule has 2 rings (SSSR count). The van der Waals surface area contributed by atoms with E-state index < -0.39 is 29.8 Å². The molecule has 0 atom stereocenters. The third-order valence-electron chi connectivity index (χ3n) is 5.02. The van der Waals surface area contributed by atoms with Crippen molar-refractivity contribution < 1.29 is 27.5 Å². The molecule has 0 saturated carbocycles. The summed E-state index contributed by atoms with van der Waals surface area (Å²) in [6.07, 6.45) is -3.35. The summed E-state index contributed by atoms with van der Waals surface area (Å²) in [7, 11) is 1.58. The summed E-state index contributed by atoms with van der Waals surface area (Å²) < 4.78 is 43.6. The van der Waals surface area contributed by atoms with Gasteiger partial charge in [-0.05, 0) is 25.6 Å². The van der Waals surface area contributed by atoms with Crippen LogP contribution in [-0.2, 0) is 20.9 Å². The van der Waals surface area contributed by atoms with E-state index in [-0.39, 0.29) is 34.0 Å². The van der Waals surface area contributed by atoms with Gasteiger partial charge in [-0.2, -0.15) is 18.4 Å². The van der Waals surface area contributed by atoms with Crippen molar-refractivity contribution in [1.82, 2.24) is 19.8 Å². The second kappa shape index (κ2) is 14.3. The predicted molar refractivity (Wildman–Crippen MR) is 137 cm³/mol. The number of amides is 2. The van der Waals surface area contributed by atoms with Crippen LogP contribution in [0.25, 0.3) is 11.8 Å². The van der Waals surface area contributed by atoms with Crippen LogP contribution in [0.4, 0.5) is 24.8 Å². The molecule has 0 spiro atoms. The van der Waals surface area contributed by atoms with E-state index >= 15 is 0 Å². The standard InChI is InChI=1S/C23H28F3N7O4S/c1-4-32(9-10-37-3)13-19(34)31-18-8-6-7-17(30-18)28-12-16-21(36)33(5-2)22(38-16)15(11-27)20(35)29-14-23(24,25)26/h6-8,12H,4-5,9-10,13-14H2,1-3H3,(H,29,35)(H2,28,30,31,34). The number of rotatable bonds is 12. The first-order chi connectivity index (χ1) is 18.0. The van der Waals surface area contributed by atoms with Crippen LogP contribution in [0.2, 0.25) is 0 Å². The molecule has 2 aromatic rings. The topological polar surface area (TPSA) is 141 Å².